The molecule has 2 rings (SSSR count). The summed E-state index contributed by atoms with van der Waals surface area (Å²) in [4.78, 5) is 29.6. The van der Waals surface area contributed by atoms with Crippen LogP contribution in [0.25, 0.3) is 0 Å². The molecule has 0 bridgehead atoms. The van der Waals surface area contributed by atoms with E-state index in [9.17, 15) is 14.7 Å². The van der Waals surface area contributed by atoms with E-state index in [4.69, 9.17) is 4.74 Å². The van der Waals surface area contributed by atoms with Crippen LogP contribution in [0.3, 0.4) is 0 Å². The van der Waals surface area contributed by atoms with Crippen molar-refractivity contribution in [3.63, 3.8) is 0 Å². The van der Waals surface area contributed by atoms with Crippen LogP contribution in [-0.2, 0) is 4.79 Å². The van der Waals surface area contributed by atoms with Crippen molar-refractivity contribution >= 4 is 11.9 Å². The van der Waals surface area contributed by atoms with Gasteiger partial charge in [-0.3, -0.25) is 9.59 Å². The number of carbonyl (C=O) groups is 2. The molecule has 1 unspecified atom stereocenters. The lowest BCUT2D eigenvalue weighted by atomic mass is 9.82. The summed E-state index contributed by atoms with van der Waals surface area (Å²) in [6.45, 7) is 4.70. The van der Waals surface area contributed by atoms with Crippen molar-refractivity contribution < 1.29 is 19.4 Å². The highest BCUT2D eigenvalue weighted by atomic mass is 16.5. The number of piperidine rings is 1. The van der Waals surface area contributed by atoms with E-state index in [1.807, 2.05) is 6.92 Å². The van der Waals surface area contributed by atoms with Crippen LogP contribution in [0.2, 0.25) is 0 Å². The second-order valence-corrected chi connectivity index (χ2v) is 5.49. The maximum atomic E-state index is 12.6. The van der Waals surface area contributed by atoms with Crippen molar-refractivity contribution in [2.45, 2.75) is 26.7 Å². The highest BCUT2D eigenvalue weighted by Gasteiger charge is 2.40. The molecule has 0 radical (unpaired) electrons. The number of hydrogen-bond donors (Lipinski definition) is 1. The van der Waals surface area contributed by atoms with Crippen LogP contribution in [-0.4, -0.2) is 46.6 Å². The quantitative estimate of drug-likeness (QED) is 0.915. The third-order valence-corrected chi connectivity index (χ3v) is 3.78. The number of ether oxygens (including phenoxy) is 1. The number of carboxylic acid groups (broad SMARTS) is 1. The summed E-state index contributed by atoms with van der Waals surface area (Å²) in [6, 6.07) is 3.34. The number of amides is 1. The summed E-state index contributed by atoms with van der Waals surface area (Å²) in [6.07, 6.45) is 2.83. The van der Waals surface area contributed by atoms with E-state index in [0.29, 0.717) is 37.4 Å². The van der Waals surface area contributed by atoms with Gasteiger partial charge in [-0.2, -0.15) is 0 Å². The number of aliphatic carboxylic acids is 1. The molecule has 6 heteroatoms. The lowest BCUT2D eigenvalue weighted by Gasteiger charge is -2.37. The smallest absolute Gasteiger partial charge is 0.311 e. The average molecular weight is 292 g/mol. The number of carboxylic acids is 1. The molecule has 0 aliphatic carbocycles. The van der Waals surface area contributed by atoms with Gasteiger partial charge in [-0.25, -0.2) is 4.98 Å². The number of rotatable bonds is 4. The average Bonchev–Trinajstić information content (AvgIpc) is 2.47. The molecule has 0 aromatic carbocycles. The van der Waals surface area contributed by atoms with E-state index in [0.717, 1.165) is 0 Å². The Labute approximate surface area is 123 Å². The SMILES string of the molecule is CCOc1ncccc1C(=O)N1CCCC(C)(C(=O)O)C1. The maximum Gasteiger partial charge on any atom is 0.311 e. The zero-order chi connectivity index (χ0) is 15.5. The zero-order valence-electron chi connectivity index (χ0n) is 12.3. The number of hydrogen-bond acceptors (Lipinski definition) is 4. The summed E-state index contributed by atoms with van der Waals surface area (Å²) >= 11 is 0. The first-order chi connectivity index (χ1) is 9.98. The zero-order valence-corrected chi connectivity index (χ0v) is 12.3. The van der Waals surface area contributed by atoms with Gasteiger partial charge in [-0.15, -0.1) is 0 Å². The molecule has 1 aliphatic rings. The van der Waals surface area contributed by atoms with Crippen LogP contribution >= 0.6 is 0 Å². The van der Waals surface area contributed by atoms with Gasteiger partial charge in [0, 0.05) is 19.3 Å². The fourth-order valence-electron chi connectivity index (χ4n) is 2.56. The molecule has 0 spiro atoms. The van der Waals surface area contributed by atoms with E-state index >= 15 is 0 Å². The van der Waals surface area contributed by atoms with Crippen LogP contribution in [0.5, 0.6) is 5.88 Å². The van der Waals surface area contributed by atoms with Crippen LogP contribution in [0, 0.1) is 5.41 Å². The Kier molecular flexibility index (Phi) is 4.45. The maximum absolute atomic E-state index is 12.6. The van der Waals surface area contributed by atoms with Crippen LogP contribution in [0.1, 0.15) is 37.0 Å². The van der Waals surface area contributed by atoms with E-state index < -0.39 is 11.4 Å². The van der Waals surface area contributed by atoms with Gasteiger partial charge in [0.05, 0.1) is 12.0 Å². The molecule has 1 aliphatic heterocycles. The van der Waals surface area contributed by atoms with E-state index in [1.54, 1.807) is 30.2 Å². The summed E-state index contributed by atoms with van der Waals surface area (Å²) in [5.41, 5.74) is -0.504. The summed E-state index contributed by atoms with van der Waals surface area (Å²) < 4.78 is 5.37. The second-order valence-electron chi connectivity index (χ2n) is 5.49. The lowest BCUT2D eigenvalue weighted by molar-refractivity contribution is -0.150. The monoisotopic (exact) mass is 292 g/mol. The Morgan fingerprint density at radius 3 is 2.95 bits per heavy atom. The van der Waals surface area contributed by atoms with E-state index in [1.165, 1.54) is 0 Å². The predicted octanol–water partition coefficient (Wildman–Crippen LogP) is 1.81. The molecule has 1 amide bonds. The third-order valence-electron chi connectivity index (χ3n) is 3.78. The van der Waals surface area contributed by atoms with Crippen molar-refractivity contribution in [3.8, 4) is 5.88 Å². The molecule has 1 aromatic heterocycles. The summed E-state index contributed by atoms with van der Waals surface area (Å²) in [5.74, 6) is -0.789. The highest BCUT2D eigenvalue weighted by molar-refractivity contribution is 5.96. The molecule has 1 atom stereocenters. The lowest BCUT2D eigenvalue weighted by Crippen LogP contribution is -2.48. The van der Waals surface area contributed by atoms with Crippen LogP contribution in [0.15, 0.2) is 18.3 Å². The van der Waals surface area contributed by atoms with Crippen molar-refractivity contribution in [1.29, 1.82) is 0 Å². The molecule has 0 saturated carbocycles. The molecule has 114 valence electrons. The van der Waals surface area contributed by atoms with Crippen LogP contribution < -0.4 is 4.74 Å². The van der Waals surface area contributed by atoms with Gasteiger partial charge in [0.15, 0.2) is 0 Å². The van der Waals surface area contributed by atoms with Gasteiger partial charge in [-0.1, -0.05) is 0 Å². The van der Waals surface area contributed by atoms with Gasteiger partial charge >= 0.3 is 5.97 Å². The van der Waals surface area contributed by atoms with Crippen molar-refractivity contribution in [1.82, 2.24) is 9.88 Å². The molecule has 1 fully saturated rings. The number of aromatic nitrogens is 1. The molecule has 1 saturated heterocycles. The minimum Gasteiger partial charge on any atom is -0.481 e. The Balaban J connectivity index is 2.22. The molecule has 6 nitrogen and oxygen atoms in total. The highest BCUT2D eigenvalue weighted by Crippen LogP contribution is 2.31. The number of carbonyl (C=O) groups excluding carboxylic acids is 1. The fourth-order valence-corrected chi connectivity index (χ4v) is 2.56. The molecular weight excluding hydrogens is 272 g/mol. The number of likely N-dealkylation sites (tertiary alicyclic amines) is 1. The van der Waals surface area contributed by atoms with Crippen molar-refractivity contribution in [2.75, 3.05) is 19.7 Å². The minimum atomic E-state index is -0.887. The predicted molar refractivity (Wildman–Crippen MR) is 76.3 cm³/mol. The van der Waals surface area contributed by atoms with Gasteiger partial charge in [-0.05, 0) is 38.8 Å². The molecule has 21 heavy (non-hydrogen) atoms. The Bertz CT molecular complexity index is 546. The number of pyridine rings is 1. The summed E-state index contributed by atoms with van der Waals surface area (Å²) in [5, 5.41) is 9.33. The van der Waals surface area contributed by atoms with Gasteiger partial charge in [0.25, 0.3) is 5.91 Å². The molecule has 1 aromatic rings. The van der Waals surface area contributed by atoms with Gasteiger partial charge < -0.3 is 14.7 Å². The topological polar surface area (TPSA) is 79.7 Å². The Morgan fingerprint density at radius 2 is 2.29 bits per heavy atom. The normalized spacial score (nSPS) is 21.9. The van der Waals surface area contributed by atoms with E-state index in [2.05, 4.69) is 4.98 Å². The molecule has 2 heterocycles. The first-order valence-corrected chi connectivity index (χ1v) is 7.08. The van der Waals surface area contributed by atoms with E-state index in [-0.39, 0.29) is 12.5 Å². The van der Waals surface area contributed by atoms with Gasteiger partial charge in [0.1, 0.15) is 5.56 Å². The second kappa shape index (κ2) is 6.11. The molecule has 1 N–H and O–H groups in total. The summed E-state index contributed by atoms with van der Waals surface area (Å²) in [7, 11) is 0. The first-order valence-electron chi connectivity index (χ1n) is 7.08. The largest absolute Gasteiger partial charge is 0.481 e. The third kappa shape index (κ3) is 3.15. The van der Waals surface area contributed by atoms with Crippen molar-refractivity contribution in [2.24, 2.45) is 5.41 Å². The first kappa shape index (κ1) is 15.3. The van der Waals surface area contributed by atoms with Crippen LogP contribution in [0.4, 0.5) is 0 Å². The minimum absolute atomic E-state index is 0.210. The standard InChI is InChI=1S/C15H20N2O4/c1-3-21-12-11(6-4-8-16-12)13(18)17-9-5-7-15(2,10-17)14(19)20/h4,6,8H,3,5,7,9-10H2,1-2H3,(H,19,20). The molecular formula is C15H20N2O4. The Hall–Kier alpha value is -2.11. The Morgan fingerprint density at radius 1 is 1.52 bits per heavy atom. The fraction of sp³-hybridized carbons (Fsp3) is 0.533. The van der Waals surface area contributed by atoms with Gasteiger partial charge in [0.2, 0.25) is 5.88 Å². The number of nitrogens with zero attached hydrogens (tertiary/aromatic N) is 2. The van der Waals surface area contributed by atoms with Crippen molar-refractivity contribution in [3.05, 3.63) is 23.9 Å².